The molecule has 1 amide bonds. The fourth-order valence-electron chi connectivity index (χ4n) is 4.06. The Bertz CT molecular complexity index is 1270. The fraction of sp³-hybridized carbons (Fsp3) is 0.346. The molecule has 36 heavy (non-hydrogen) atoms. The molecule has 10 heteroatoms. The smallest absolute Gasteiger partial charge is 0.252 e. The summed E-state index contributed by atoms with van der Waals surface area (Å²) in [5.74, 6) is 1.19. The molecule has 2 N–H and O–H groups in total. The third-order valence-corrected chi connectivity index (χ3v) is 9.65. The van der Waals surface area contributed by atoms with Crippen LogP contribution in [0.4, 0.5) is 0 Å². The maximum atomic E-state index is 13.2. The topological polar surface area (TPSA) is 97.0 Å². The number of nitrogens with zero attached hydrogens (tertiary/aromatic N) is 1. The molecule has 0 aliphatic carbocycles. The first-order valence-electron chi connectivity index (χ1n) is 11.8. The lowest BCUT2D eigenvalue weighted by Gasteiger charge is -2.31. The molecule has 1 fully saturated rings. The number of amides is 1. The van der Waals surface area contributed by atoms with Gasteiger partial charge in [-0.2, -0.15) is 4.31 Å². The number of rotatable bonds is 10. The highest BCUT2D eigenvalue weighted by molar-refractivity contribution is 7.91. The van der Waals surface area contributed by atoms with Gasteiger partial charge in [-0.05, 0) is 60.9 Å². The molecule has 1 aliphatic heterocycles. The highest BCUT2D eigenvalue weighted by Crippen LogP contribution is 2.27. The summed E-state index contributed by atoms with van der Waals surface area (Å²) in [6, 6.07) is 18.5. The molecule has 2 aromatic carbocycles. The minimum Gasteiger partial charge on any atom is -0.497 e. The van der Waals surface area contributed by atoms with Crippen molar-refractivity contribution in [2.24, 2.45) is 0 Å². The van der Waals surface area contributed by atoms with Crippen LogP contribution in [0.3, 0.4) is 0 Å². The highest BCUT2D eigenvalue weighted by Gasteiger charge is 2.30. The second kappa shape index (κ2) is 11.9. The third kappa shape index (κ3) is 6.44. The van der Waals surface area contributed by atoms with E-state index in [1.54, 1.807) is 54.9 Å². The van der Waals surface area contributed by atoms with Crippen molar-refractivity contribution in [3.63, 3.8) is 0 Å². The van der Waals surface area contributed by atoms with Gasteiger partial charge in [0.2, 0.25) is 0 Å². The number of carbonyl (C=O) groups is 1. The van der Waals surface area contributed by atoms with Crippen LogP contribution in [0.2, 0.25) is 0 Å². The van der Waals surface area contributed by atoms with Crippen molar-refractivity contribution in [3.8, 4) is 11.5 Å². The Morgan fingerprint density at radius 3 is 2.39 bits per heavy atom. The number of benzene rings is 2. The summed E-state index contributed by atoms with van der Waals surface area (Å²) in [5, 5.41) is 6.37. The van der Waals surface area contributed by atoms with E-state index in [0.717, 1.165) is 35.6 Å². The van der Waals surface area contributed by atoms with Crippen LogP contribution in [0.25, 0.3) is 0 Å². The minimum atomic E-state index is -3.56. The van der Waals surface area contributed by atoms with Crippen LogP contribution >= 0.6 is 11.3 Å². The first-order chi connectivity index (χ1) is 17.4. The van der Waals surface area contributed by atoms with Crippen LogP contribution in [0.1, 0.15) is 33.6 Å². The number of thiophene rings is 1. The standard InChI is InChI=1S/C26H31N3O5S2/c1-33-22-8-6-19(7-9-22)17-27-21-12-14-29(15-13-21)36(31,32)25-11-10-24(35-25)18-28-26(30)20-4-3-5-23(16-20)34-2/h3-11,16,21,27H,12-15,17-18H2,1-2H3,(H,28,30). The summed E-state index contributed by atoms with van der Waals surface area (Å²) < 4.78 is 38.6. The van der Waals surface area contributed by atoms with Gasteiger partial charge in [0.15, 0.2) is 0 Å². The van der Waals surface area contributed by atoms with Crippen LogP contribution in [0.5, 0.6) is 11.5 Å². The molecule has 192 valence electrons. The van der Waals surface area contributed by atoms with E-state index in [9.17, 15) is 13.2 Å². The van der Waals surface area contributed by atoms with Gasteiger partial charge >= 0.3 is 0 Å². The van der Waals surface area contributed by atoms with E-state index in [4.69, 9.17) is 9.47 Å². The summed E-state index contributed by atoms with van der Waals surface area (Å²) in [6.07, 6.45) is 1.51. The van der Waals surface area contributed by atoms with Crippen molar-refractivity contribution >= 4 is 27.3 Å². The quantitative estimate of drug-likeness (QED) is 0.416. The predicted octanol–water partition coefficient (Wildman–Crippen LogP) is 3.64. The fourth-order valence-corrected chi connectivity index (χ4v) is 6.98. The molecule has 0 unspecified atom stereocenters. The van der Waals surface area contributed by atoms with Crippen molar-refractivity contribution < 1.29 is 22.7 Å². The average Bonchev–Trinajstić information content (AvgIpc) is 3.41. The van der Waals surface area contributed by atoms with Gasteiger partial charge in [-0.25, -0.2) is 8.42 Å². The number of carbonyl (C=O) groups excluding carboxylic acids is 1. The Morgan fingerprint density at radius 2 is 1.69 bits per heavy atom. The predicted molar refractivity (Wildman–Crippen MR) is 140 cm³/mol. The number of ether oxygens (including phenoxy) is 2. The first-order valence-corrected chi connectivity index (χ1v) is 14.0. The molecule has 2 heterocycles. The van der Waals surface area contributed by atoms with Crippen LogP contribution in [-0.2, 0) is 23.1 Å². The summed E-state index contributed by atoms with van der Waals surface area (Å²) in [6.45, 7) is 1.94. The van der Waals surface area contributed by atoms with E-state index < -0.39 is 10.0 Å². The van der Waals surface area contributed by atoms with Gasteiger partial charge in [-0.1, -0.05) is 18.2 Å². The van der Waals surface area contributed by atoms with E-state index in [-0.39, 0.29) is 18.5 Å². The zero-order chi connectivity index (χ0) is 25.5. The lowest BCUT2D eigenvalue weighted by Crippen LogP contribution is -2.44. The molecule has 8 nitrogen and oxygen atoms in total. The lowest BCUT2D eigenvalue weighted by atomic mass is 10.1. The second-order valence-corrected chi connectivity index (χ2v) is 11.9. The van der Waals surface area contributed by atoms with Gasteiger partial charge in [0.1, 0.15) is 15.7 Å². The number of hydrogen-bond donors (Lipinski definition) is 2. The number of nitrogens with one attached hydrogen (secondary N) is 2. The Hall–Kier alpha value is -2.92. The molecule has 4 rings (SSSR count). The molecular weight excluding hydrogens is 498 g/mol. The van der Waals surface area contributed by atoms with E-state index in [1.165, 1.54) is 11.3 Å². The average molecular weight is 530 g/mol. The molecule has 0 bridgehead atoms. The van der Waals surface area contributed by atoms with Gasteiger partial charge in [0, 0.05) is 36.1 Å². The van der Waals surface area contributed by atoms with Gasteiger partial charge in [-0.3, -0.25) is 4.79 Å². The summed E-state index contributed by atoms with van der Waals surface area (Å²) in [5.41, 5.74) is 1.65. The Balaban J connectivity index is 1.27. The molecule has 1 aromatic heterocycles. The summed E-state index contributed by atoms with van der Waals surface area (Å²) in [7, 11) is -0.364. The largest absolute Gasteiger partial charge is 0.497 e. The van der Waals surface area contributed by atoms with Crippen molar-refractivity contribution in [3.05, 3.63) is 76.7 Å². The zero-order valence-corrected chi connectivity index (χ0v) is 22.0. The van der Waals surface area contributed by atoms with Crippen molar-refractivity contribution in [1.29, 1.82) is 0 Å². The number of sulfonamides is 1. The molecule has 0 spiro atoms. The first kappa shape index (κ1) is 26.2. The van der Waals surface area contributed by atoms with Gasteiger partial charge < -0.3 is 20.1 Å². The monoisotopic (exact) mass is 529 g/mol. The maximum Gasteiger partial charge on any atom is 0.252 e. The van der Waals surface area contributed by atoms with Crippen molar-refractivity contribution in [2.75, 3.05) is 27.3 Å². The number of piperidine rings is 1. The van der Waals surface area contributed by atoms with E-state index in [0.29, 0.717) is 28.6 Å². The van der Waals surface area contributed by atoms with Crippen LogP contribution < -0.4 is 20.1 Å². The summed E-state index contributed by atoms with van der Waals surface area (Å²) >= 11 is 1.19. The van der Waals surface area contributed by atoms with E-state index >= 15 is 0 Å². The lowest BCUT2D eigenvalue weighted by molar-refractivity contribution is 0.0951. The molecule has 0 atom stereocenters. The minimum absolute atomic E-state index is 0.240. The van der Waals surface area contributed by atoms with Crippen molar-refractivity contribution in [1.82, 2.24) is 14.9 Å². The molecule has 0 saturated carbocycles. The number of hydrogen-bond acceptors (Lipinski definition) is 7. The van der Waals surface area contributed by atoms with Crippen LogP contribution in [0, 0.1) is 0 Å². The maximum absolute atomic E-state index is 13.2. The summed E-state index contributed by atoms with van der Waals surface area (Å²) in [4.78, 5) is 13.2. The van der Waals surface area contributed by atoms with Gasteiger partial charge in [0.05, 0.1) is 20.8 Å². The Morgan fingerprint density at radius 1 is 0.972 bits per heavy atom. The van der Waals surface area contributed by atoms with E-state index in [1.807, 2.05) is 24.3 Å². The normalized spacial score (nSPS) is 14.9. The van der Waals surface area contributed by atoms with Gasteiger partial charge in [0.25, 0.3) is 15.9 Å². The Kier molecular flexibility index (Phi) is 8.63. The molecule has 1 saturated heterocycles. The highest BCUT2D eigenvalue weighted by atomic mass is 32.2. The second-order valence-electron chi connectivity index (χ2n) is 8.54. The van der Waals surface area contributed by atoms with E-state index in [2.05, 4.69) is 10.6 Å². The zero-order valence-electron chi connectivity index (χ0n) is 20.4. The molecule has 1 aliphatic rings. The third-order valence-electron chi connectivity index (χ3n) is 6.19. The van der Waals surface area contributed by atoms with Crippen LogP contribution in [0.15, 0.2) is 64.9 Å². The number of methoxy groups -OCH3 is 2. The van der Waals surface area contributed by atoms with Crippen LogP contribution in [-0.4, -0.2) is 52.0 Å². The van der Waals surface area contributed by atoms with Gasteiger partial charge in [-0.15, -0.1) is 11.3 Å². The SMILES string of the molecule is COc1ccc(CNC2CCN(S(=O)(=O)c3ccc(CNC(=O)c4cccc(OC)c4)s3)CC2)cc1. The molecular formula is C26H31N3O5S2. The molecule has 0 radical (unpaired) electrons. The Labute approximate surface area is 216 Å². The molecule has 3 aromatic rings. The van der Waals surface area contributed by atoms with Crippen molar-refractivity contribution in [2.45, 2.75) is 36.2 Å².